The Hall–Kier alpha value is -2.77. The van der Waals surface area contributed by atoms with Crippen molar-refractivity contribution in [3.63, 3.8) is 0 Å². The SMILES string of the molecule is CCCCC/C=C\C/C=C\C/C=C\C/C=C\CCCC(=O)O[C@H](COC(=O)CCCCCCC/C=C\C=C\C(=O)CCCCC)COP(=O)(O)OC[C@@H](O)COP(=O)(O)O. The van der Waals surface area contributed by atoms with Crippen molar-refractivity contribution in [1.82, 2.24) is 0 Å². The Bertz CT molecular complexity index is 1400. The fraction of sp³-hybridized carbons (Fsp3) is 0.659. The molecule has 0 saturated carbocycles. The van der Waals surface area contributed by atoms with Gasteiger partial charge in [0, 0.05) is 19.3 Å². The average molecular weight is 889 g/mol. The van der Waals surface area contributed by atoms with Gasteiger partial charge in [-0.3, -0.25) is 28.0 Å². The third-order valence-electron chi connectivity index (χ3n) is 8.53. The van der Waals surface area contributed by atoms with Crippen LogP contribution in [0.15, 0.2) is 72.9 Å². The number of carbonyl (C=O) groups is 3. The van der Waals surface area contributed by atoms with E-state index >= 15 is 0 Å². The Labute approximate surface area is 359 Å². The van der Waals surface area contributed by atoms with E-state index in [1.807, 2.05) is 24.3 Å². The molecule has 0 aromatic rings. The normalized spacial score (nSPS) is 14.6. The Morgan fingerprint density at radius 3 is 1.68 bits per heavy atom. The summed E-state index contributed by atoms with van der Waals surface area (Å²) in [5, 5.41) is 9.74. The van der Waals surface area contributed by atoms with Gasteiger partial charge in [0.25, 0.3) is 0 Å². The minimum absolute atomic E-state index is 0.0345. The molecule has 0 rings (SSSR count). The maximum absolute atomic E-state index is 12.6. The molecule has 0 radical (unpaired) electrons. The molecule has 0 aromatic carbocycles. The van der Waals surface area contributed by atoms with Gasteiger partial charge in [0.1, 0.15) is 12.7 Å². The van der Waals surface area contributed by atoms with Crippen LogP contribution >= 0.6 is 15.6 Å². The molecule has 0 aliphatic heterocycles. The van der Waals surface area contributed by atoms with Crippen LogP contribution in [0.5, 0.6) is 0 Å². The second kappa shape index (κ2) is 39.1. The predicted octanol–water partition coefficient (Wildman–Crippen LogP) is 10.2. The molecule has 4 N–H and O–H groups in total. The van der Waals surface area contributed by atoms with Gasteiger partial charge >= 0.3 is 27.6 Å². The zero-order chi connectivity index (χ0) is 44.6. The Morgan fingerprint density at radius 1 is 0.533 bits per heavy atom. The summed E-state index contributed by atoms with van der Waals surface area (Å²) in [5.74, 6) is -1.02. The summed E-state index contributed by atoms with van der Waals surface area (Å²) in [6, 6.07) is 0. The Kier molecular flexibility index (Phi) is 37.3. The number of phosphoric acid groups is 2. The van der Waals surface area contributed by atoms with Crippen molar-refractivity contribution in [2.75, 3.05) is 26.4 Å². The molecule has 0 fully saturated rings. The largest absolute Gasteiger partial charge is 0.472 e. The Morgan fingerprint density at radius 2 is 1.03 bits per heavy atom. The molecule has 16 heteroatoms. The number of hydrogen-bond acceptors (Lipinski definition) is 11. The van der Waals surface area contributed by atoms with Crippen LogP contribution in [0.4, 0.5) is 0 Å². The molecule has 0 saturated heterocycles. The van der Waals surface area contributed by atoms with Gasteiger partial charge in [-0.15, -0.1) is 0 Å². The molecule has 0 bridgehead atoms. The fourth-order valence-corrected chi connectivity index (χ4v) is 6.36. The lowest BCUT2D eigenvalue weighted by Crippen LogP contribution is -2.29. The summed E-state index contributed by atoms with van der Waals surface area (Å²) < 4.78 is 47.6. The van der Waals surface area contributed by atoms with Crippen LogP contribution in [-0.4, -0.2) is 76.1 Å². The number of phosphoric ester groups is 2. The van der Waals surface area contributed by atoms with Gasteiger partial charge in [-0.1, -0.05) is 126 Å². The number of esters is 2. The molecule has 60 heavy (non-hydrogen) atoms. The van der Waals surface area contributed by atoms with Crippen molar-refractivity contribution >= 4 is 33.4 Å². The van der Waals surface area contributed by atoms with Crippen molar-refractivity contribution < 1.29 is 66.3 Å². The maximum atomic E-state index is 12.6. The number of aliphatic hydroxyl groups excluding tert-OH is 1. The molecular weight excluding hydrogens is 814 g/mol. The van der Waals surface area contributed by atoms with E-state index in [2.05, 4.69) is 59.4 Å². The average Bonchev–Trinajstić information content (AvgIpc) is 3.20. The topological polar surface area (TPSA) is 212 Å². The molecule has 344 valence electrons. The van der Waals surface area contributed by atoms with Crippen molar-refractivity contribution in [2.45, 2.75) is 161 Å². The summed E-state index contributed by atoms with van der Waals surface area (Å²) in [5.41, 5.74) is 0. The van der Waals surface area contributed by atoms with Crippen LogP contribution < -0.4 is 0 Å². The van der Waals surface area contributed by atoms with Crippen LogP contribution in [0, 0.1) is 0 Å². The summed E-state index contributed by atoms with van der Waals surface area (Å²) in [6.07, 6.45) is 38.8. The van der Waals surface area contributed by atoms with Crippen molar-refractivity contribution in [3.8, 4) is 0 Å². The Balaban J connectivity index is 4.70. The molecule has 14 nitrogen and oxygen atoms in total. The van der Waals surface area contributed by atoms with Crippen LogP contribution in [0.1, 0.15) is 149 Å². The van der Waals surface area contributed by atoms with Gasteiger partial charge in [0.15, 0.2) is 11.9 Å². The minimum atomic E-state index is -4.88. The first-order chi connectivity index (χ1) is 28.8. The molecule has 0 aliphatic carbocycles. The molecule has 0 amide bonds. The van der Waals surface area contributed by atoms with Crippen LogP contribution in [0.3, 0.4) is 0 Å². The molecule has 0 aromatic heterocycles. The van der Waals surface area contributed by atoms with Gasteiger partial charge in [-0.2, -0.15) is 0 Å². The highest BCUT2D eigenvalue weighted by Gasteiger charge is 2.28. The lowest BCUT2D eigenvalue weighted by molar-refractivity contribution is -0.161. The second-order valence-corrected chi connectivity index (χ2v) is 17.0. The van der Waals surface area contributed by atoms with E-state index in [-0.39, 0.29) is 18.6 Å². The fourth-order valence-electron chi connectivity index (χ4n) is 5.20. The number of aliphatic hydroxyl groups is 1. The third kappa shape index (κ3) is 41.9. The van der Waals surface area contributed by atoms with E-state index in [0.29, 0.717) is 25.7 Å². The minimum Gasteiger partial charge on any atom is -0.462 e. The predicted molar refractivity (Wildman–Crippen MR) is 235 cm³/mol. The number of ketones is 1. The van der Waals surface area contributed by atoms with Crippen LogP contribution in [-0.2, 0) is 46.6 Å². The first kappa shape index (κ1) is 57.2. The zero-order valence-electron chi connectivity index (χ0n) is 36.0. The maximum Gasteiger partial charge on any atom is 0.472 e. The van der Waals surface area contributed by atoms with E-state index in [9.17, 15) is 33.5 Å². The first-order valence-electron chi connectivity index (χ1n) is 21.6. The van der Waals surface area contributed by atoms with Crippen molar-refractivity contribution in [2.24, 2.45) is 0 Å². The number of rotatable bonds is 40. The van der Waals surface area contributed by atoms with Crippen molar-refractivity contribution in [1.29, 1.82) is 0 Å². The highest BCUT2D eigenvalue weighted by molar-refractivity contribution is 7.47. The standard InChI is InChI=1S/C44H74O14P2/c1-3-5-7-8-9-10-11-12-13-14-15-16-17-20-24-27-31-35-44(48)58-42(39-57-60(52,53)56-37-41(46)36-55-59(49,50)51)38-54-43(47)34-30-26-23-21-18-19-22-25-29-33-40(45)32-28-6-4-2/h9-10,12-13,15-16,20,22,24-25,29,33,41-42,46H,3-8,11,14,17-19,21,23,26-28,30-32,34-39H2,1-2H3,(H,52,53)(H2,49,50,51)/b10-9-,13-12-,16-15-,24-20-,25-22-,33-29+/t41-,42+/m0/s1. The van der Waals surface area contributed by atoms with E-state index in [4.69, 9.17) is 23.8 Å². The number of allylic oxidation sites excluding steroid dienone is 12. The third-order valence-corrected chi connectivity index (χ3v) is 9.97. The summed E-state index contributed by atoms with van der Waals surface area (Å²) in [4.78, 5) is 64.4. The van der Waals surface area contributed by atoms with E-state index < -0.39 is 66.2 Å². The summed E-state index contributed by atoms with van der Waals surface area (Å²) in [6.45, 7) is 1.45. The smallest absolute Gasteiger partial charge is 0.462 e. The van der Waals surface area contributed by atoms with Gasteiger partial charge in [0.2, 0.25) is 0 Å². The zero-order valence-corrected chi connectivity index (χ0v) is 37.8. The van der Waals surface area contributed by atoms with E-state index in [0.717, 1.165) is 77.0 Å². The first-order valence-corrected chi connectivity index (χ1v) is 24.6. The molecular formula is C44H74O14P2. The molecule has 1 unspecified atom stereocenters. The monoisotopic (exact) mass is 888 g/mol. The number of hydrogen-bond donors (Lipinski definition) is 4. The highest BCUT2D eigenvalue weighted by atomic mass is 31.2. The lowest BCUT2D eigenvalue weighted by Gasteiger charge is -2.20. The molecule has 0 aliphatic rings. The molecule has 3 atom stereocenters. The van der Waals surface area contributed by atoms with Gasteiger partial charge in [-0.25, -0.2) is 9.13 Å². The number of carbonyl (C=O) groups excluding carboxylic acids is 3. The lowest BCUT2D eigenvalue weighted by atomic mass is 10.1. The number of ether oxygens (including phenoxy) is 2. The summed E-state index contributed by atoms with van der Waals surface area (Å²) >= 11 is 0. The van der Waals surface area contributed by atoms with Crippen LogP contribution in [0.2, 0.25) is 0 Å². The molecule has 0 heterocycles. The second-order valence-electron chi connectivity index (χ2n) is 14.3. The quantitative estimate of drug-likeness (QED) is 0.0113. The number of unbranched alkanes of at least 4 members (excludes halogenated alkanes) is 11. The molecule has 0 spiro atoms. The van der Waals surface area contributed by atoms with Gasteiger partial charge in [0.05, 0.1) is 19.8 Å². The van der Waals surface area contributed by atoms with Gasteiger partial charge < -0.3 is 29.3 Å². The van der Waals surface area contributed by atoms with Gasteiger partial charge in [-0.05, 0) is 76.7 Å². The van der Waals surface area contributed by atoms with Crippen LogP contribution in [0.25, 0.3) is 0 Å². The highest BCUT2D eigenvalue weighted by Crippen LogP contribution is 2.43. The summed E-state index contributed by atoms with van der Waals surface area (Å²) in [7, 11) is -9.72. The van der Waals surface area contributed by atoms with E-state index in [1.54, 1.807) is 12.2 Å². The van der Waals surface area contributed by atoms with Crippen molar-refractivity contribution in [3.05, 3.63) is 72.9 Å². The van der Waals surface area contributed by atoms with E-state index in [1.165, 1.54) is 19.3 Å².